The maximum atomic E-state index is 5.84. The molecule has 4 nitrogen and oxygen atoms in total. The number of halogens is 1. The van der Waals surface area contributed by atoms with E-state index in [9.17, 15) is 0 Å². The molecule has 0 atom stereocenters. The van der Waals surface area contributed by atoms with Crippen LogP contribution in [0.5, 0.6) is 0 Å². The highest BCUT2D eigenvalue weighted by Crippen LogP contribution is 2.16. The highest BCUT2D eigenvalue weighted by molar-refractivity contribution is 6.30. The molecule has 2 rings (SSSR count). The van der Waals surface area contributed by atoms with Gasteiger partial charge in [-0.3, -0.25) is 4.57 Å². The van der Waals surface area contributed by atoms with E-state index >= 15 is 0 Å². The van der Waals surface area contributed by atoms with Gasteiger partial charge in [0.25, 0.3) is 0 Å². The fraction of sp³-hybridized carbons (Fsp3) is 0.167. The number of nitrogens with zero attached hydrogens (tertiary/aromatic N) is 4. The first-order chi connectivity index (χ1) is 8.16. The Labute approximate surface area is 105 Å². The minimum Gasteiger partial charge on any atom is -0.348 e. The number of hydrogen-bond donors (Lipinski definition) is 0. The molecule has 17 heavy (non-hydrogen) atoms. The van der Waals surface area contributed by atoms with E-state index in [4.69, 9.17) is 11.6 Å². The third-order valence-electron chi connectivity index (χ3n) is 2.19. The molecule has 0 spiro atoms. The second-order valence-electron chi connectivity index (χ2n) is 3.75. The van der Waals surface area contributed by atoms with Crippen molar-refractivity contribution in [2.45, 2.75) is 0 Å². The molecule has 0 saturated carbocycles. The monoisotopic (exact) mass is 248 g/mol. The predicted molar refractivity (Wildman–Crippen MR) is 69.9 cm³/mol. The van der Waals surface area contributed by atoms with E-state index in [-0.39, 0.29) is 0 Å². The summed E-state index contributed by atoms with van der Waals surface area (Å²) in [5.41, 5.74) is 0.854. The number of hydrogen-bond acceptors (Lipinski definition) is 2. The van der Waals surface area contributed by atoms with Crippen LogP contribution in [0.3, 0.4) is 0 Å². The van der Waals surface area contributed by atoms with Gasteiger partial charge in [-0.2, -0.15) is 0 Å². The van der Waals surface area contributed by atoms with Crippen LogP contribution >= 0.6 is 11.6 Å². The summed E-state index contributed by atoms with van der Waals surface area (Å²) in [6.07, 6.45) is 5.30. The Balaban J connectivity index is 2.37. The quantitative estimate of drug-likeness (QED) is 0.574. The van der Waals surface area contributed by atoms with Gasteiger partial charge in [-0.05, 0) is 24.3 Å². The molecule has 1 aromatic heterocycles. The molecule has 0 aliphatic rings. The summed E-state index contributed by atoms with van der Waals surface area (Å²) in [6, 6.07) is 7.40. The van der Waals surface area contributed by atoms with Gasteiger partial charge in [0.15, 0.2) is 0 Å². The molecule has 0 unspecified atom stereocenters. The van der Waals surface area contributed by atoms with E-state index in [0.29, 0.717) is 5.02 Å². The van der Waals surface area contributed by atoms with E-state index in [1.165, 1.54) is 0 Å². The lowest BCUT2D eigenvalue weighted by Gasteiger charge is -2.15. The Bertz CT molecular complexity index is 500. The lowest BCUT2D eigenvalue weighted by molar-refractivity contribution is 0.595. The van der Waals surface area contributed by atoms with E-state index in [2.05, 4.69) is 9.98 Å². The van der Waals surface area contributed by atoms with Gasteiger partial charge < -0.3 is 4.90 Å². The van der Waals surface area contributed by atoms with Crippen molar-refractivity contribution in [3.8, 4) is 0 Å². The van der Waals surface area contributed by atoms with Crippen molar-refractivity contribution in [1.29, 1.82) is 0 Å². The smallest absolute Gasteiger partial charge is 0.210 e. The Morgan fingerprint density at radius 1 is 1.29 bits per heavy atom. The molecule has 0 amide bonds. The lowest BCUT2D eigenvalue weighted by Crippen LogP contribution is -2.28. The number of benzene rings is 1. The van der Waals surface area contributed by atoms with Crippen molar-refractivity contribution < 1.29 is 0 Å². The van der Waals surface area contributed by atoms with Gasteiger partial charge in [0.2, 0.25) is 5.96 Å². The first-order valence-corrected chi connectivity index (χ1v) is 5.54. The van der Waals surface area contributed by atoms with Crippen LogP contribution in [-0.2, 0) is 0 Å². The molecule has 0 bridgehead atoms. The molecule has 1 heterocycles. The van der Waals surface area contributed by atoms with Gasteiger partial charge in [-0.25, -0.2) is 9.98 Å². The van der Waals surface area contributed by atoms with E-state index in [1.807, 2.05) is 54.0 Å². The number of rotatable bonds is 1. The fourth-order valence-corrected chi connectivity index (χ4v) is 1.52. The Morgan fingerprint density at radius 2 is 2.00 bits per heavy atom. The average molecular weight is 249 g/mol. The van der Waals surface area contributed by atoms with Gasteiger partial charge in [-0.15, -0.1) is 0 Å². The minimum absolute atomic E-state index is 0.706. The van der Waals surface area contributed by atoms with Crippen LogP contribution in [0.4, 0.5) is 5.69 Å². The Kier molecular flexibility index (Phi) is 3.44. The molecule has 0 N–H and O–H groups in total. The number of imidazole rings is 1. The van der Waals surface area contributed by atoms with Crippen LogP contribution in [0.25, 0.3) is 0 Å². The van der Waals surface area contributed by atoms with Gasteiger partial charge in [0.1, 0.15) is 6.33 Å². The molecule has 2 aromatic rings. The van der Waals surface area contributed by atoms with Crippen molar-refractivity contribution in [2.75, 3.05) is 14.1 Å². The molecule has 0 radical (unpaired) electrons. The van der Waals surface area contributed by atoms with Gasteiger partial charge in [0.05, 0.1) is 5.69 Å². The summed E-state index contributed by atoms with van der Waals surface area (Å²) in [5.74, 6) is 0.796. The summed E-state index contributed by atoms with van der Waals surface area (Å²) in [4.78, 5) is 10.5. The highest BCUT2D eigenvalue weighted by atomic mass is 35.5. The van der Waals surface area contributed by atoms with Crippen LogP contribution in [0, 0.1) is 0 Å². The molecule has 88 valence electrons. The van der Waals surface area contributed by atoms with Crippen LogP contribution in [0.2, 0.25) is 5.02 Å². The molecular formula is C12H13ClN4. The van der Waals surface area contributed by atoms with Crippen molar-refractivity contribution in [2.24, 2.45) is 4.99 Å². The second kappa shape index (κ2) is 5.01. The first-order valence-electron chi connectivity index (χ1n) is 5.17. The summed E-state index contributed by atoms with van der Waals surface area (Å²) in [5, 5.41) is 0.706. The van der Waals surface area contributed by atoms with Crippen LogP contribution < -0.4 is 0 Å². The average Bonchev–Trinajstić information content (AvgIpc) is 2.81. The Hall–Kier alpha value is -1.81. The van der Waals surface area contributed by atoms with Crippen molar-refractivity contribution >= 4 is 23.2 Å². The van der Waals surface area contributed by atoms with Crippen molar-refractivity contribution in [3.05, 3.63) is 48.0 Å². The lowest BCUT2D eigenvalue weighted by atomic mass is 10.3. The Morgan fingerprint density at radius 3 is 2.53 bits per heavy atom. The summed E-state index contributed by atoms with van der Waals surface area (Å²) in [6.45, 7) is 0. The first kappa shape index (κ1) is 11.7. The topological polar surface area (TPSA) is 33.4 Å². The van der Waals surface area contributed by atoms with Crippen molar-refractivity contribution in [1.82, 2.24) is 14.5 Å². The van der Waals surface area contributed by atoms with Gasteiger partial charge >= 0.3 is 0 Å². The van der Waals surface area contributed by atoms with E-state index in [1.54, 1.807) is 12.5 Å². The molecule has 0 saturated heterocycles. The van der Waals surface area contributed by atoms with E-state index < -0.39 is 0 Å². The van der Waals surface area contributed by atoms with Crippen LogP contribution in [0.15, 0.2) is 48.0 Å². The molecule has 5 heteroatoms. The molecule has 0 aliphatic heterocycles. The standard InChI is InChI=1S/C12H13ClN4/c1-16(2)12(17-8-7-14-9-17)15-11-5-3-10(13)4-6-11/h3-9H,1-2H3/b15-12+. The number of aromatic nitrogens is 2. The minimum atomic E-state index is 0.706. The molecule has 0 aliphatic carbocycles. The summed E-state index contributed by atoms with van der Waals surface area (Å²) < 4.78 is 1.86. The van der Waals surface area contributed by atoms with Crippen LogP contribution in [0.1, 0.15) is 0 Å². The zero-order valence-electron chi connectivity index (χ0n) is 9.71. The highest BCUT2D eigenvalue weighted by Gasteiger charge is 2.04. The SMILES string of the molecule is CN(C)/C(=N\c1ccc(Cl)cc1)n1ccnc1. The second-order valence-corrected chi connectivity index (χ2v) is 4.19. The molecule has 0 fully saturated rings. The molecule has 1 aromatic carbocycles. The van der Waals surface area contributed by atoms with E-state index in [0.717, 1.165) is 11.6 Å². The maximum Gasteiger partial charge on any atom is 0.210 e. The zero-order chi connectivity index (χ0) is 12.3. The fourth-order valence-electron chi connectivity index (χ4n) is 1.40. The van der Waals surface area contributed by atoms with Crippen molar-refractivity contribution in [3.63, 3.8) is 0 Å². The predicted octanol–water partition coefficient (Wildman–Crippen LogP) is 2.63. The third kappa shape index (κ3) is 2.85. The normalized spacial score (nSPS) is 11.6. The maximum absolute atomic E-state index is 5.84. The zero-order valence-corrected chi connectivity index (χ0v) is 10.5. The molecular weight excluding hydrogens is 236 g/mol. The van der Waals surface area contributed by atoms with Crippen LogP contribution in [-0.4, -0.2) is 34.5 Å². The number of aliphatic imine (C=N–C) groups is 1. The van der Waals surface area contributed by atoms with Gasteiger partial charge in [0, 0.05) is 31.5 Å². The van der Waals surface area contributed by atoms with Gasteiger partial charge in [-0.1, -0.05) is 11.6 Å². The summed E-state index contributed by atoms with van der Waals surface area (Å²) >= 11 is 5.84. The summed E-state index contributed by atoms with van der Waals surface area (Å²) in [7, 11) is 3.88. The largest absolute Gasteiger partial charge is 0.348 e. The third-order valence-corrected chi connectivity index (χ3v) is 2.44.